The molecule has 2 amide bonds. The number of benzene rings is 2. The second-order valence-electron chi connectivity index (χ2n) is 6.99. The Hall–Kier alpha value is -2.53. The second-order valence-corrected chi connectivity index (χ2v) is 7.43. The van der Waals surface area contributed by atoms with Gasteiger partial charge in [-0.25, -0.2) is 0 Å². The summed E-state index contributed by atoms with van der Waals surface area (Å²) >= 11 is 5.97. The largest absolute Gasteiger partial charge is 0.497 e. The monoisotopic (exact) mass is 416 g/mol. The Morgan fingerprint density at radius 3 is 2.28 bits per heavy atom. The quantitative estimate of drug-likeness (QED) is 0.590. The smallest absolute Gasteiger partial charge is 0.242 e. The number of ether oxygens (including phenoxy) is 1. The molecule has 0 saturated carbocycles. The number of hydrogen-bond acceptors (Lipinski definition) is 3. The van der Waals surface area contributed by atoms with Gasteiger partial charge in [-0.3, -0.25) is 9.59 Å². The van der Waals surface area contributed by atoms with E-state index in [9.17, 15) is 9.59 Å². The van der Waals surface area contributed by atoms with Crippen LogP contribution in [0.25, 0.3) is 0 Å². The molecule has 0 unspecified atom stereocenters. The average molecular weight is 417 g/mol. The normalized spacial score (nSPS) is 11.6. The van der Waals surface area contributed by atoms with E-state index in [1.807, 2.05) is 36.4 Å². The SMILES string of the molecule is CCCCNC(=O)[C@H](C)N(Cc1ccc(Cl)cc1)C(=O)Cc1ccc(OC)cc1. The van der Waals surface area contributed by atoms with Gasteiger partial charge in [-0.05, 0) is 48.7 Å². The molecule has 0 aliphatic rings. The van der Waals surface area contributed by atoms with Crippen LogP contribution in [0.4, 0.5) is 0 Å². The summed E-state index contributed by atoms with van der Waals surface area (Å²) in [7, 11) is 1.60. The molecule has 1 atom stereocenters. The van der Waals surface area contributed by atoms with Crippen LogP contribution in [0.15, 0.2) is 48.5 Å². The van der Waals surface area contributed by atoms with E-state index < -0.39 is 6.04 Å². The van der Waals surface area contributed by atoms with Gasteiger partial charge in [0.2, 0.25) is 11.8 Å². The first-order valence-electron chi connectivity index (χ1n) is 9.89. The number of halogens is 1. The summed E-state index contributed by atoms with van der Waals surface area (Å²) in [4.78, 5) is 27.3. The van der Waals surface area contributed by atoms with Crippen LogP contribution in [-0.2, 0) is 22.6 Å². The Morgan fingerprint density at radius 2 is 1.69 bits per heavy atom. The van der Waals surface area contributed by atoms with Crippen LogP contribution >= 0.6 is 11.6 Å². The minimum Gasteiger partial charge on any atom is -0.497 e. The van der Waals surface area contributed by atoms with Crippen LogP contribution in [0.2, 0.25) is 5.02 Å². The molecular formula is C23H29ClN2O3. The molecule has 0 fully saturated rings. The molecule has 5 nitrogen and oxygen atoms in total. The zero-order valence-electron chi connectivity index (χ0n) is 17.3. The summed E-state index contributed by atoms with van der Waals surface area (Å²) in [6.45, 7) is 4.79. The molecule has 0 bridgehead atoms. The van der Waals surface area contributed by atoms with Crippen molar-refractivity contribution in [2.45, 2.75) is 45.7 Å². The molecule has 156 valence electrons. The van der Waals surface area contributed by atoms with E-state index in [0.29, 0.717) is 18.1 Å². The maximum Gasteiger partial charge on any atom is 0.242 e. The van der Waals surface area contributed by atoms with Crippen LogP contribution in [0, 0.1) is 0 Å². The van der Waals surface area contributed by atoms with E-state index in [-0.39, 0.29) is 18.2 Å². The lowest BCUT2D eigenvalue weighted by molar-refractivity contribution is -0.140. The molecule has 2 aromatic carbocycles. The first kappa shape index (κ1) is 22.8. The molecule has 0 spiro atoms. The number of methoxy groups -OCH3 is 1. The summed E-state index contributed by atoms with van der Waals surface area (Å²) in [6, 6.07) is 14.1. The molecule has 6 heteroatoms. The maximum absolute atomic E-state index is 13.1. The predicted octanol–water partition coefficient (Wildman–Crippen LogP) is 4.22. The van der Waals surface area contributed by atoms with Gasteiger partial charge in [0.1, 0.15) is 11.8 Å². The third-order valence-electron chi connectivity index (χ3n) is 4.78. The van der Waals surface area contributed by atoms with Crippen molar-refractivity contribution in [3.63, 3.8) is 0 Å². The van der Waals surface area contributed by atoms with E-state index in [4.69, 9.17) is 16.3 Å². The van der Waals surface area contributed by atoms with Gasteiger partial charge in [-0.15, -0.1) is 0 Å². The minimum atomic E-state index is -0.576. The summed E-state index contributed by atoms with van der Waals surface area (Å²) in [5, 5.41) is 3.56. The van der Waals surface area contributed by atoms with Crippen molar-refractivity contribution in [2.75, 3.05) is 13.7 Å². The standard InChI is InChI=1S/C23H29ClN2O3/c1-4-5-14-25-23(28)17(2)26(16-19-6-10-20(24)11-7-19)22(27)15-18-8-12-21(29-3)13-9-18/h6-13,17H,4-5,14-16H2,1-3H3,(H,25,28)/t17-/m0/s1. The molecule has 0 aliphatic carbocycles. The molecule has 2 rings (SSSR count). The fourth-order valence-electron chi connectivity index (χ4n) is 2.92. The minimum absolute atomic E-state index is 0.108. The van der Waals surface area contributed by atoms with Crippen molar-refractivity contribution in [2.24, 2.45) is 0 Å². The highest BCUT2D eigenvalue weighted by atomic mass is 35.5. The molecule has 0 aromatic heterocycles. The van der Waals surface area contributed by atoms with Crippen molar-refractivity contribution in [3.05, 3.63) is 64.7 Å². The lowest BCUT2D eigenvalue weighted by atomic mass is 10.1. The average Bonchev–Trinajstić information content (AvgIpc) is 2.73. The fourth-order valence-corrected chi connectivity index (χ4v) is 3.05. The van der Waals surface area contributed by atoms with E-state index in [2.05, 4.69) is 12.2 Å². The highest BCUT2D eigenvalue weighted by Gasteiger charge is 2.26. The third-order valence-corrected chi connectivity index (χ3v) is 5.03. The van der Waals surface area contributed by atoms with Gasteiger partial charge in [0.05, 0.1) is 13.5 Å². The Labute approximate surface area is 178 Å². The van der Waals surface area contributed by atoms with Gasteiger partial charge >= 0.3 is 0 Å². The van der Waals surface area contributed by atoms with Crippen LogP contribution in [0.5, 0.6) is 5.75 Å². The number of nitrogens with one attached hydrogen (secondary N) is 1. The van der Waals surface area contributed by atoms with Crippen molar-refractivity contribution in [1.29, 1.82) is 0 Å². The second kappa shape index (κ2) is 11.5. The molecule has 0 radical (unpaired) electrons. The first-order valence-corrected chi connectivity index (χ1v) is 10.3. The molecule has 0 heterocycles. The van der Waals surface area contributed by atoms with E-state index in [0.717, 1.165) is 29.7 Å². The molecule has 29 heavy (non-hydrogen) atoms. The van der Waals surface area contributed by atoms with Crippen molar-refractivity contribution >= 4 is 23.4 Å². The first-order chi connectivity index (χ1) is 13.9. The molecule has 1 N–H and O–H groups in total. The zero-order valence-corrected chi connectivity index (χ0v) is 18.0. The molecule has 0 saturated heterocycles. The van der Waals surface area contributed by atoms with Gasteiger partial charge in [-0.1, -0.05) is 49.2 Å². The number of carbonyl (C=O) groups is 2. The molecule has 2 aromatic rings. The zero-order chi connectivity index (χ0) is 21.2. The topological polar surface area (TPSA) is 58.6 Å². The number of hydrogen-bond donors (Lipinski definition) is 1. The number of amides is 2. The van der Waals surface area contributed by atoms with E-state index >= 15 is 0 Å². The maximum atomic E-state index is 13.1. The number of unbranched alkanes of at least 4 members (excludes halogenated alkanes) is 1. The Morgan fingerprint density at radius 1 is 1.07 bits per heavy atom. The van der Waals surface area contributed by atoms with Gasteiger partial charge in [0.25, 0.3) is 0 Å². The number of rotatable bonds is 10. The van der Waals surface area contributed by atoms with Crippen molar-refractivity contribution in [1.82, 2.24) is 10.2 Å². The highest BCUT2D eigenvalue weighted by molar-refractivity contribution is 6.30. The Bertz CT molecular complexity index is 791. The summed E-state index contributed by atoms with van der Waals surface area (Å²) in [5.41, 5.74) is 1.79. The van der Waals surface area contributed by atoms with Crippen molar-refractivity contribution in [3.8, 4) is 5.75 Å². The van der Waals surface area contributed by atoms with E-state index in [1.54, 1.807) is 31.1 Å². The third kappa shape index (κ3) is 7.09. The van der Waals surface area contributed by atoms with Gasteiger partial charge < -0.3 is 15.0 Å². The summed E-state index contributed by atoms with van der Waals surface area (Å²) in [6.07, 6.45) is 2.12. The predicted molar refractivity (Wildman–Crippen MR) is 116 cm³/mol. The van der Waals surface area contributed by atoms with Crippen LogP contribution in [0.3, 0.4) is 0 Å². The van der Waals surface area contributed by atoms with E-state index in [1.165, 1.54) is 0 Å². The summed E-state index contributed by atoms with van der Waals surface area (Å²) < 4.78 is 5.17. The van der Waals surface area contributed by atoms with Gasteiger partial charge in [0, 0.05) is 18.1 Å². The molecule has 0 aliphatic heterocycles. The van der Waals surface area contributed by atoms with Crippen molar-refractivity contribution < 1.29 is 14.3 Å². The Balaban J connectivity index is 2.15. The lowest BCUT2D eigenvalue weighted by Crippen LogP contribution is -2.48. The summed E-state index contributed by atoms with van der Waals surface area (Å²) in [5.74, 6) is 0.488. The van der Waals surface area contributed by atoms with Crippen LogP contribution in [0.1, 0.15) is 37.8 Å². The van der Waals surface area contributed by atoms with Crippen LogP contribution in [-0.4, -0.2) is 36.4 Å². The molecular weight excluding hydrogens is 388 g/mol. The van der Waals surface area contributed by atoms with Gasteiger partial charge in [-0.2, -0.15) is 0 Å². The number of nitrogens with zero attached hydrogens (tertiary/aromatic N) is 1. The van der Waals surface area contributed by atoms with Gasteiger partial charge in [0.15, 0.2) is 0 Å². The number of carbonyl (C=O) groups excluding carboxylic acids is 2. The Kier molecular flexibility index (Phi) is 9.00. The fraction of sp³-hybridized carbons (Fsp3) is 0.391. The highest BCUT2D eigenvalue weighted by Crippen LogP contribution is 2.17. The lowest BCUT2D eigenvalue weighted by Gasteiger charge is -2.29. The van der Waals surface area contributed by atoms with Crippen LogP contribution < -0.4 is 10.1 Å².